The normalized spacial score (nSPS) is 11.1. The fourth-order valence-electron chi connectivity index (χ4n) is 8.16. The predicted molar refractivity (Wildman–Crippen MR) is 251 cm³/mol. The van der Waals surface area contributed by atoms with Crippen molar-refractivity contribution < 1.29 is 0 Å². The lowest BCUT2D eigenvalue weighted by Gasteiger charge is -2.27. The van der Waals surface area contributed by atoms with Crippen LogP contribution in [0.1, 0.15) is 0 Å². The molecule has 10 aromatic carbocycles. The first-order valence-corrected chi connectivity index (χ1v) is 20.2. The third kappa shape index (κ3) is 7.46. The molecular weight excluding hydrogens is 711 g/mol. The highest BCUT2D eigenvalue weighted by Gasteiger charge is 2.17. The van der Waals surface area contributed by atoms with E-state index in [-0.39, 0.29) is 0 Å². The molecule has 0 radical (unpaired) electrons. The van der Waals surface area contributed by atoms with Crippen LogP contribution in [0.2, 0.25) is 0 Å². The van der Waals surface area contributed by atoms with Gasteiger partial charge in [-0.25, -0.2) is 0 Å². The molecule has 1 nitrogen and oxygen atoms in total. The van der Waals surface area contributed by atoms with Crippen LogP contribution >= 0.6 is 0 Å². The largest absolute Gasteiger partial charge is 0.310 e. The third-order valence-electron chi connectivity index (χ3n) is 11.3. The van der Waals surface area contributed by atoms with Gasteiger partial charge in [0, 0.05) is 17.1 Å². The van der Waals surface area contributed by atoms with Gasteiger partial charge < -0.3 is 4.90 Å². The average Bonchev–Trinajstić information content (AvgIpc) is 3.33. The second-order valence-electron chi connectivity index (χ2n) is 15.0. The van der Waals surface area contributed by atoms with Gasteiger partial charge >= 0.3 is 0 Å². The number of anilines is 3. The minimum Gasteiger partial charge on any atom is -0.310 e. The van der Waals surface area contributed by atoms with Gasteiger partial charge in [0.2, 0.25) is 0 Å². The van der Waals surface area contributed by atoms with E-state index in [2.05, 4.69) is 254 Å². The lowest BCUT2D eigenvalue weighted by Crippen LogP contribution is -2.10. The van der Waals surface area contributed by atoms with Gasteiger partial charge in [-0.05, 0) is 120 Å². The molecule has 0 atom stereocenters. The zero-order valence-electron chi connectivity index (χ0n) is 32.6. The molecule has 0 amide bonds. The molecular formula is C58H41N. The summed E-state index contributed by atoms with van der Waals surface area (Å²) < 4.78 is 0. The Bertz CT molecular complexity index is 2840. The van der Waals surface area contributed by atoms with E-state index in [4.69, 9.17) is 0 Å². The van der Waals surface area contributed by atoms with Crippen molar-refractivity contribution in [2.75, 3.05) is 4.90 Å². The fourth-order valence-corrected chi connectivity index (χ4v) is 8.16. The maximum absolute atomic E-state index is 2.38. The Morgan fingerprint density at radius 1 is 0.186 bits per heavy atom. The van der Waals surface area contributed by atoms with Gasteiger partial charge in [-0.3, -0.25) is 0 Å². The Hall–Kier alpha value is -7.74. The third-order valence-corrected chi connectivity index (χ3v) is 11.3. The summed E-state index contributed by atoms with van der Waals surface area (Å²) in [6, 6.07) is 89.8. The highest BCUT2D eigenvalue weighted by molar-refractivity contribution is 5.93. The fraction of sp³-hybridized carbons (Fsp3) is 0. The van der Waals surface area contributed by atoms with Crippen LogP contribution < -0.4 is 4.90 Å². The molecule has 0 aromatic heterocycles. The van der Waals surface area contributed by atoms with Gasteiger partial charge in [0.05, 0.1) is 0 Å². The van der Waals surface area contributed by atoms with Crippen LogP contribution in [-0.4, -0.2) is 0 Å². The first kappa shape index (κ1) is 35.7. The van der Waals surface area contributed by atoms with Crippen molar-refractivity contribution in [2.24, 2.45) is 0 Å². The van der Waals surface area contributed by atoms with Crippen LogP contribution in [0.3, 0.4) is 0 Å². The number of fused-ring (bicyclic) bond motifs is 1. The van der Waals surface area contributed by atoms with Crippen molar-refractivity contribution >= 4 is 27.8 Å². The Balaban J connectivity index is 1.05. The summed E-state index contributed by atoms with van der Waals surface area (Å²) in [6.45, 7) is 0. The molecule has 0 unspecified atom stereocenters. The van der Waals surface area contributed by atoms with Crippen LogP contribution in [0.5, 0.6) is 0 Å². The summed E-state index contributed by atoms with van der Waals surface area (Å²) >= 11 is 0. The summed E-state index contributed by atoms with van der Waals surface area (Å²) in [5.41, 5.74) is 17.7. The van der Waals surface area contributed by atoms with E-state index in [0.717, 1.165) is 17.1 Å². The number of hydrogen-bond acceptors (Lipinski definition) is 1. The van der Waals surface area contributed by atoms with Crippen molar-refractivity contribution in [3.63, 3.8) is 0 Å². The van der Waals surface area contributed by atoms with E-state index in [0.29, 0.717) is 0 Å². The van der Waals surface area contributed by atoms with Crippen molar-refractivity contribution in [3.8, 4) is 66.8 Å². The lowest BCUT2D eigenvalue weighted by atomic mass is 9.92. The first-order chi connectivity index (χ1) is 29.2. The minimum absolute atomic E-state index is 1.09. The monoisotopic (exact) mass is 751 g/mol. The molecule has 0 bridgehead atoms. The number of rotatable bonds is 9. The highest BCUT2D eigenvalue weighted by atomic mass is 15.1. The molecule has 0 aliphatic heterocycles. The molecule has 0 spiro atoms. The van der Waals surface area contributed by atoms with E-state index >= 15 is 0 Å². The molecule has 1 heteroatoms. The van der Waals surface area contributed by atoms with E-state index in [1.807, 2.05) is 0 Å². The van der Waals surface area contributed by atoms with E-state index < -0.39 is 0 Å². The highest BCUT2D eigenvalue weighted by Crippen LogP contribution is 2.42. The number of hydrogen-bond donors (Lipinski definition) is 0. The molecule has 0 saturated heterocycles. The first-order valence-electron chi connectivity index (χ1n) is 20.2. The van der Waals surface area contributed by atoms with Crippen molar-refractivity contribution in [1.82, 2.24) is 0 Å². The van der Waals surface area contributed by atoms with Crippen molar-refractivity contribution in [2.45, 2.75) is 0 Å². The molecule has 0 fully saturated rings. The zero-order valence-corrected chi connectivity index (χ0v) is 32.6. The molecule has 10 aromatic rings. The quantitative estimate of drug-likeness (QED) is 0.142. The van der Waals surface area contributed by atoms with E-state index in [1.165, 1.54) is 77.5 Å². The standard InChI is InChI=1S/C58H41N/c1-4-12-42(13-5-1)45-20-24-47(25-21-45)49-30-34-54(35-31-49)59(55-36-32-50(33-37-55)48-26-22-46(23-27-48)43-14-6-2-7-15-43)56-38-39-57(58(41-56)51-17-8-3-9-18-51)53-29-28-44-16-10-11-19-52(44)40-53/h1-41H. The van der Waals surface area contributed by atoms with Gasteiger partial charge in [0.15, 0.2) is 0 Å². The second kappa shape index (κ2) is 16.0. The van der Waals surface area contributed by atoms with Crippen LogP contribution in [-0.2, 0) is 0 Å². The van der Waals surface area contributed by atoms with Gasteiger partial charge in [-0.1, -0.05) is 206 Å². The Labute approximate surface area is 346 Å². The molecule has 0 saturated carbocycles. The topological polar surface area (TPSA) is 3.24 Å². The van der Waals surface area contributed by atoms with Crippen molar-refractivity contribution in [1.29, 1.82) is 0 Å². The SMILES string of the molecule is c1ccc(-c2ccc(-c3ccc(N(c4ccc(-c5ccc(-c6ccccc6)cc5)cc4)c4ccc(-c5ccc6ccccc6c5)c(-c5ccccc5)c4)cc3)cc2)cc1. The summed E-state index contributed by atoms with van der Waals surface area (Å²) in [7, 11) is 0. The Morgan fingerprint density at radius 2 is 0.525 bits per heavy atom. The summed E-state index contributed by atoms with van der Waals surface area (Å²) in [6.07, 6.45) is 0. The molecule has 278 valence electrons. The number of benzene rings is 10. The van der Waals surface area contributed by atoms with Crippen LogP contribution in [0, 0.1) is 0 Å². The van der Waals surface area contributed by atoms with Crippen molar-refractivity contribution in [3.05, 3.63) is 249 Å². The molecule has 0 heterocycles. The number of nitrogens with zero attached hydrogens (tertiary/aromatic N) is 1. The van der Waals surface area contributed by atoms with Crippen LogP contribution in [0.15, 0.2) is 249 Å². The van der Waals surface area contributed by atoms with Gasteiger partial charge in [-0.2, -0.15) is 0 Å². The van der Waals surface area contributed by atoms with Gasteiger partial charge in [0.25, 0.3) is 0 Å². The Kier molecular flexibility index (Phi) is 9.68. The average molecular weight is 752 g/mol. The van der Waals surface area contributed by atoms with Crippen LogP contribution in [0.4, 0.5) is 17.1 Å². The summed E-state index contributed by atoms with van der Waals surface area (Å²) in [5.74, 6) is 0. The van der Waals surface area contributed by atoms with E-state index in [9.17, 15) is 0 Å². The maximum Gasteiger partial charge on any atom is 0.0468 e. The van der Waals surface area contributed by atoms with E-state index in [1.54, 1.807) is 0 Å². The minimum atomic E-state index is 1.09. The Morgan fingerprint density at radius 3 is 0.983 bits per heavy atom. The molecule has 0 aliphatic rings. The van der Waals surface area contributed by atoms with Crippen LogP contribution in [0.25, 0.3) is 77.5 Å². The maximum atomic E-state index is 2.38. The summed E-state index contributed by atoms with van der Waals surface area (Å²) in [5, 5.41) is 2.48. The van der Waals surface area contributed by atoms with Gasteiger partial charge in [0.1, 0.15) is 0 Å². The predicted octanol–water partition coefficient (Wildman–Crippen LogP) is 16.3. The smallest absolute Gasteiger partial charge is 0.0468 e. The zero-order chi connectivity index (χ0) is 39.4. The van der Waals surface area contributed by atoms with Gasteiger partial charge in [-0.15, -0.1) is 0 Å². The molecule has 10 rings (SSSR count). The second-order valence-corrected chi connectivity index (χ2v) is 15.0. The summed E-state index contributed by atoms with van der Waals surface area (Å²) in [4.78, 5) is 2.38. The molecule has 0 N–H and O–H groups in total. The lowest BCUT2D eigenvalue weighted by molar-refractivity contribution is 1.28. The molecule has 0 aliphatic carbocycles. The molecule has 59 heavy (non-hydrogen) atoms.